The lowest BCUT2D eigenvalue weighted by atomic mass is 10.0. The van der Waals surface area contributed by atoms with Crippen molar-refractivity contribution in [1.82, 2.24) is 19.7 Å². The number of rotatable bonds is 4. The molecule has 3 aliphatic rings. The molecule has 0 bridgehead atoms. The van der Waals surface area contributed by atoms with Gasteiger partial charge in [0.15, 0.2) is 0 Å². The molecule has 34 heavy (non-hydrogen) atoms. The summed E-state index contributed by atoms with van der Waals surface area (Å²) in [7, 11) is 0. The average molecular weight is 456 g/mol. The van der Waals surface area contributed by atoms with Crippen molar-refractivity contribution < 1.29 is 9.21 Å². The Bertz CT molecular complexity index is 1330. The van der Waals surface area contributed by atoms with Crippen molar-refractivity contribution in [3.8, 4) is 0 Å². The molecule has 2 atom stereocenters. The average Bonchev–Trinajstić information content (AvgIpc) is 3.57. The summed E-state index contributed by atoms with van der Waals surface area (Å²) in [6, 6.07) is 12.7. The molecular formula is C27H29N5O2. The number of benzene rings is 1. The van der Waals surface area contributed by atoms with Crippen LogP contribution in [0.4, 0.5) is 0 Å². The van der Waals surface area contributed by atoms with Crippen LogP contribution in [-0.2, 0) is 11.3 Å². The Morgan fingerprint density at radius 3 is 2.97 bits per heavy atom. The topological polar surface area (TPSA) is 79.7 Å². The number of hydrogen-bond acceptors (Lipinski definition) is 5. The molecule has 174 valence electrons. The SMILES string of the molecule is CC1=C(c2cc3ccccc3n2Cc2ccoc2)NC2C=C(C(=O)N3CCCC(N)C3)C=CN12. The van der Waals surface area contributed by atoms with E-state index in [2.05, 4.69) is 52.0 Å². The number of nitrogens with one attached hydrogen (secondary N) is 1. The highest BCUT2D eigenvalue weighted by molar-refractivity contribution is 5.97. The fourth-order valence-corrected chi connectivity index (χ4v) is 5.30. The first-order chi connectivity index (χ1) is 16.6. The van der Waals surface area contributed by atoms with Gasteiger partial charge in [-0.25, -0.2) is 0 Å². The molecule has 0 saturated carbocycles. The minimum atomic E-state index is -0.0993. The lowest BCUT2D eigenvalue weighted by molar-refractivity contribution is -0.128. The molecule has 1 amide bonds. The largest absolute Gasteiger partial charge is 0.472 e. The van der Waals surface area contributed by atoms with Gasteiger partial charge in [0.2, 0.25) is 0 Å². The Morgan fingerprint density at radius 2 is 2.15 bits per heavy atom. The molecule has 1 saturated heterocycles. The molecule has 1 fully saturated rings. The molecule has 2 unspecified atom stereocenters. The number of allylic oxidation sites excluding steroid dienone is 1. The molecule has 0 spiro atoms. The maximum absolute atomic E-state index is 13.1. The van der Waals surface area contributed by atoms with E-state index in [1.807, 2.05) is 29.3 Å². The number of aromatic nitrogens is 1. The number of nitrogens with zero attached hydrogens (tertiary/aromatic N) is 3. The second-order valence-corrected chi connectivity index (χ2v) is 9.35. The van der Waals surface area contributed by atoms with E-state index in [1.54, 1.807) is 12.5 Å². The van der Waals surface area contributed by atoms with Gasteiger partial charge in [0.05, 0.1) is 30.5 Å². The van der Waals surface area contributed by atoms with Crippen molar-refractivity contribution in [2.75, 3.05) is 13.1 Å². The van der Waals surface area contributed by atoms with Crippen LogP contribution < -0.4 is 11.1 Å². The van der Waals surface area contributed by atoms with Crippen molar-refractivity contribution in [1.29, 1.82) is 0 Å². The van der Waals surface area contributed by atoms with Crippen molar-refractivity contribution in [2.24, 2.45) is 5.73 Å². The van der Waals surface area contributed by atoms with E-state index < -0.39 is 0 Å². The normalized spacial score (nSPS) is 22.2. The van der Waals surface area contributed by atoms with E-state index in [0.717, 1.165) is 47.6 Å². The van der Waals surface area contributed by atoms with Crippen LogP contribution in [0.2, 0.25) is 0 Å². The van der Waals surface area contributed by atoms with Crippen LogP contribution in [0.3, 0.4) is 0 Å². The predicted octanol–water partition coefficient (Wildman–Crippen LogP) is 3.61. The van der Waals surface area contributed by atoms with E-state index in [4.69, 9.17) is 10.2 Å². The number of likely N-dealkylation sites (tertiary alicyclic amines) is 1. The van der Waals surface area contributed by atoms with Gasteiger partial charge in [-0.15, -0.1) is 0 Å². The third kappa shape index (κ3) is 3.53. The van der Waals surface area contributed by atoms with Crippen molar-refractivity contribution >= 4 is 22.5 Å². The number of amides is 1. The number of furan rings is 1. The zero-order valence-electron chi connectivity index (χ0n) is 19.3. The van der Waals surface area contributed by atoms with E-state index in [0.29, 0.717) is 13.1 Å². The van der Waals surface area contributed by atoms with Gasteiger partial charge >= 0.3 is 0 Å². The monoisotopic (exact) mass is 455 g/mol. The third-order valence-electron chi connectivity index (χ3n) is 7.07. The molecule has 7 heteroatoms. The van der Waals surface area contributed by atoms with Crippen molar-refractivity contribution in [3.05, 3.63) is 89.8 Å². The maximum atomic E-state index is 13.1. The Labute approximate surface area is 198 Å². The van der Waals surface area contributed by atoms with Gasteiger partial charge in [0.25, 0.3) is 5.91 Å². The summed E-state index contributed by atoms with van der Waals surface area (Å²) < 4.78 is 7.64. The molecule has 3 aliphatic heterocycles. The highest BCUT2D eigenvalue weighted by atomic mass is 16.3. The molecule has 6 rings (SSSR count). The van der Waals surface area contributed by atoms with Crippen molar-refractivity contribution in [2.45, 2.75) is 38.5 Å². The smallest absolute Gasteiger partial charge is 0.253 e. The Kier molecular flexibility index (Phi) is 5.07. The van der Waals surface area contributed by atoms with Gasteiger partial charge in [0, 0.05) is 53.1 Å². The summed E-state index contributed by atoms with van der Waals surface area (Å²) in [5.74, 6) is 0.0630. The number of para-hydroxylation sites is 1. The fraction of sp³-hybridized carbons (Fsp3) is 0.296. The van der Waals surface area contributed by atoms with Gasteiger partial charge in [-0.3, -0.25) is 4.79 Å². The highest BCUT2D eigenvalue weighted by Crippen LogP contribution is 2.34. The van der Waals surface area contributed by atoms with Gasteiger partial charge in [-0.1, -0.05) is 18.2 Å². The molecule has 0 radical (unpaired) electrons. The van der Waals surface area contributed by atoms with Gasteiger partial charge in [0.1, 0.15) is 6.17 Å². The molecule has 7 nitrogen and oxygen atoms in total. The zero-order chi connectivity index (χ0) is 23.2. The maximum Gasteiger partial charge on any atom is 0.253 e. The molecule has 3 N–H and O–H groups in total. The zero-order valence-corrected chi connectivity index (χ0v) is 19.3. The van der Waals surface area contributed by atoms with Gasteiger partial charge < -0.3 is 29.8 Å². The van der Waals surface area contributed by atoms with Crippen LogP contribution in [0.5, 0.6) is 0 Å². The number of carbonyl (C=O) groups excluding carboxylic acids is 1. The van der Waals surface area contributed by atoms with Gasteiger partial charge in [-0.2, -0.15) is 0 Å². The minimum absolute atomic E-state index is 0.0630. The summed E-state index contributed by atoms with van der Waals surface area (Å²) in [4.78, 5) is 17.2. The molecule has 2 aromatic heterocycles. The molecule has 5 heterocycles. The number of piperidine rings is 1. The fourth-order valence-electron chi connectivity index (χ4n) is 5.30. The van der Waals surface area contributed by atoms with E-state index >= 15 is 0 Å². The van der Waals surface area contributed by atoms with Crippen LogP contribution in [0, 0.1) is 0 Å². The van der Waals surface area contributed by atoms with Gasteiger partial charge in [-0.05, 0) is 50.1 Å². The lowest BCUT2D eigenvalue weighted by Gasteiger charge is -2.32. The Balaban J connectivity index is 1.32. The Morgan fingerprint density at radius 1 is 1.26 bits per heavy atom. The van der Waals surface area contributed by atoms with Crippen LogP contribution in [0.1, 0.15) is 31.0 Å². The van der Waals surface area contributed by atoms with E-state index in [1.165, 1.54) is 10.9 Å². The first-order valence-corrected chi connectivity index (χ1v) is 11.9. The quantitative estimate of drug-likeness (QED) is 0.628. The number of hydrogen-bond donors (Lipinski definition) is 2. The minimum Gasteiger partial charge on any atom is -0.472 e. The van der Waals surface area contributed by atoms with Crippen LogP contribution >= 0.6 is 0 Å². The van der Waals surface area contributed by atoms with E-state index in [-0.39, 0.29) is 18.1 Å². The first kappa shape index (κ1) is 20.9. The molecule has 0 aliphatic carbocycles. The highest BCUT2D eigenvalue weighted by Gasteiger charge is 2.33. The second kappa shape index (κ2) is 8.25. The summed E-state index contributed by atoms with van der Waals surface area (Å²) in [5.41, 5.74) is 12.4. The standard InChI is InChI=1S/C27H29N5O2/c1-18-26(24-13-20-5-2-3-7-23(20)32(24)15-19-9-12-34-17-19)29-25-14-21(8-11-31(18)25)27(33)30-10-4-6-22(28)16-30/h2-3,5,7-9,11-14,17,22,25,29H,4,6,10,15-16,28H2,1H3. The third-order valence-corrected chi connectivity index (χ3v) is 7.07. The number of carbonyl (C=O) groups is 1. The number of fused-ring (bicyclic) bond motifs is 2. The predicted molar refractivity (Wildman–Crippen MR) is 132 cm³/mol. The van der Waals surface area contributed by atoms with Crippen molar-refractivity contribution in [3.63, 3.8) is 0 Å². The summed E-state index contributed by atoms with van der Waals surface area (Å²) >= 11 is 0. The molecule has 1 aromatic carbocycles. The lowest BCUT2D eigenvalue weighted by Crippen LogP contribution is -2.46. The van der Waals surface area contributed by atoms with Crippen LogP contribution in [0.25, 0.3) is 16.6 Å². The number of nitrogens with two attached hydrogens (primary N) is 1. The van der Waals surface area contributed by atoms with Crippen LogP contribution in [-0.4, -0.2) is 45.6 Å². The van der Waals surface area contributed by atoms with Crippen LogP contribution in [0.15, 0.2) is 83.0 Å². The van der Waals surface area contributed by atoms with E-state index in [9.17, 15) is 4.79 Å². The summed E-state index contributed by atoms with van der Waals surface area (Å²) in [5, 5.41) is 4.87. The molecular weight excluding hydrogens is 426 g/mol. The molecule has 3 aromatic rings. The summed E-state index contributed by atoms with van der Waals surface area (Å²) in [6.07, 6.45) is 11.3. The second-order valence-electron chi connectivity index (χ2n) is 9.35. The Hall–Kier alpha value is -3.71. The first-order valence-electron chi connectivity index (χ1n) is 11.9. The summed E-state index contributed by atoms with van der Waals surface area (Å²) in [6.45, 7) is 4.24.